The van der Waals surface area contributed by atoms with Crippen LogP contribution in [0, 0.1) is 6.92 Å². The molecule has 0 atom stereocenters. The zero-order valence-electron chi connectivity index (χ0n) is 13.2. The fraction of sp³-hybridized carbons (Fsp3) is 0.100. The van der Waals surface area contributed by atoms with Crippen LogP contribution in [0.1, 0.15) is 5.56 Å². The summed E-state index contributed by atoms with van der Waals surface area (Å²) in [5.74, 6) is 0. The van der Waals surface area contributed by atoms with E-state index in [1.807, 2.05) is 18.8 Å². The molecule has 3 aromatic carbocycles. The summed E-state index contributed by atoms with van der Waals surface area (Å²) in [5.41, 5.74) is 6.11. The van der Waals surface area contributed by atoms with E-state index in [2.05, 4.69) is 83.9 Å². The lowest BCUT2D eigenvalue weighted by Crippen LogP contribution is -2.17. The van der Waals surface area contributed by atoms with E-state index in [9.17, 15) is 0 Å². The van der Waals surface area contributed by atoms with Crippen molar-refractivity contribution in [3.8, 4) is 0 Å². The maximum atomic E-state index is 3.35. The van der Waals surface area contributed by atoms with Crippen LogP contribution in [0.5, 0.6) is 0 Å². The molecule has 1 heterocycles. The van der Waals surface area contributed by atoms with Gasteiger partial charge in [0, 0.05) is 22.5 Å². The van der Waals surface area contributed by atoms with Crippen LogP contribution in [0.3, 0.4) is 0 Å². The van der Waals surface area contributed by atoms with Gasteiger partial charge in [0.2, 0.25) is 0 Å². The van der Waals surface area contributed by atoms with Crippen LogP contribution in [-0.2, 0) is 0 Å². The summed E-state index contributed by atoms with van der Waals surface area (Å²) in [6.45, 7) is 2.17. The summed E-state index contributed by atoms with van der Waals surface area (Å²) < 4.78 is 0. The Balaban J connectivity index is 2.03. The van der Waals surface area contributed by atoms with Crippen molar-refractivity contribution in [2.24, 2.45) is 0 Å². The van der Waals surface area contributed by atoms with E-state index in [-0.39, 0.29) is 0 Å². The monoisotopic (exact) mass is 318 g/mol. The maximum Gasteiger partial charge on any atom is 0.0834 e. The average Bonchev–Trinajstić information content (AvgIpc) is 2.60. The minimum absolute atomic E-state index is 1.15. The zero-order chi connectivity index (χ0) is 15.8. The van der Waals surface area contributed by atoms with Crippen LogP contribution in [0.15, 0.2) is 76.5 Å². The van der Waals surface area contributed by atoms with Crippen molar-refractivity contribution in [2.45, 2.75) is 16.7 Å². The maximum absolute atomic E-state index is 3.35. The van der Waals surface area contributed by atoms with Crippen molar-refractivity contribution in [1.82, 2.24) is 0 Å². The minimum Gasteiger partial charge on any atom is -0.386 e. The second-order valence-electron chi connectivity index (χ2n) is 5.59. The molecule has 2 nitrogen and oxygen atoms in total. The molecule has 0 saturated carbocycles. The Kier molecular flexibility index (Phi) is 3.50. The molecule has 114 valence electrons. The molecule has 1 aliphatic heterocycles. The predicted molar refractivity (Wildman–Crippen MR) is 99.5 cm³/mol. The van der Waals surface area contributed by atoms with Gasteiger partial charge in [-0.2, -0.15) is 0 Å². The quantitative estimate of drug-likeness (QED) is 0.490. The van der Waals surface area contributed by atoms with E-state index >= 15 is 0 Å². The second kappa shape index (κ2) is 5.67. The molecule has 4 rings (SSSR count). The van der Waals surface area contributed by atoms with Crippen molar-refractivity contribution >= 4 is 34.5 Å². The van der Waals surface area contributed by atoms with Crippen LogP contribution in [0.25, 0.3) is 0 Å². The summed E-state index contributed by atoms with van der Waals surface area (Å²) in [6, 6.07) is 23.6. The highest BCUT2D eigenvalue weighted by Gasteiger charge is 2.27. The summed E-state index contributed by atoms with van der Waals surface area (Å²) >= 11 is 1.83. The summed E-state index contributed by atoms with van der Waals surface area (Å²) in [5, 5.41) is 3.35. The van der Waals surface area contributed by atoms with Crippen molar-refractivity contribution in [1.29, 1.82) is 0 Å². The van der Waals surface area contributed by atoms with Crippen molar-refractivity contribution in [2.75, 3.05) is 17.3 Å². The van der Waals surface area contributed by atoms with Gasteiger partial charge in [0.25, 0.3) is 0 Å². The normalized spacial score (nSPS) is 12.5. The Hall–Kier alpha value is -2.39. The number of nitrogens with one attached hydrogen (secondary N) is 1. The number of aryl methyl sites for hydroxylation is 1. The number of anilines is 4. The Morgan fingerprint density at radius 3 is 2.26 bits per heavy atom. The first-order chi connectivity index (χ1) is 11.3. The summed E-state index contributed by atoms with van der Waals surface area (Å²) in [7, 11) is 1.98. The molecule has 1 N–H and O–H groups in total. The van der Waals surface area contributed by atoms with E-state index in [1.54, 1.807) is 0 Å². The SMILES string of the molecule is CNc1cccc2c1N(c1ccccc1C)c1ccccc1S2. The standard InChI is InChI=1S/C20H18N2S/c1-14-8-3-4-10-16(14)22-17-11-5-6-12-18(17)23-19-13-7-9-15(21-2)20(19)22/h3-13,21H,1-2H3. The molecule has 0 spiro atoms. The molecule has 0 bridgehead atoms. The van der Waals surface area contributed by atoms with Gasteiger partial charge in [-0.05, 0) is 42.8 Å². The topological polar surface area (TPSA) is 15.3 Å². The number of nitrogens with zero attached hydrogens (tertiary/aromatic N) is 1. The van der Waals surface area contributed by atoms with Crippen molar-refractivity contribution in [3.63, 3.8) is 0 Å². The first-order valence-corrected chi connectivity index (χ1v) is 8.54. The second-order valence-corrected chi connectivity index (χ2v) is 6.68. The fourth-order valence-electron chi connectivity index (χ4n) is 3.07. The van der Waals surface area contributed by atoms with Gasteiger partial charge in [-0.3, -0.25) is 0 Å². The van der Waals surface area contributed by atoms with Crippen LogP contribution >= 0.6 is 11.8 Å². The molecular formula is C20H18N2S. The first kappa shape index (κ1) is 14.2. The van der Waals surface area contributed by atoms with Gasteiger partial charge in [-0.1, -0.05) is 48.2 Å². The van der Waals surface area contributed by atoms with E-state index in [4.69, 9.17) is 0 Å². The molecule has 0 aromatic heterocycles. The Labute approximate surface area is 141 Å². The Morgan fingerprint density at radius 1 is 0.783 bits per heavy atom. The lowest BCUT2D eigenvalue weighted by molar-refractivity contribution is 1.15. The molecule has 0 radical (unpaired) electrons. The molecule has 1 aliphatic rings. The highest BCUT2D eigenvalue weighted by Crippen LogP contribution is 2.54. The number of hydrogen-bond donors (Lipinski definition) is 1. The molecule has 0 saturated heterocycles. The third kappa shape index (κ3) is 2.28. The van der Waals surface area contributed by atoms with E-state index in [0.29, 0.717) is 0 Å². The van der Waals surface area contributed by atoms with Crippen molar-refractivity contribution in [3.05, 3.63) is 72.3 Å². The molecule has 0 unspecified atom stereocenters. The third-order valence-electron chi connectivity index (χ3n) is 4.17. The smallest absolute Gasteiger partial charge is 0.0834 e. The van der Waals surface area contributed by atoms with Gasteiger partial charge in [0.15, 0.2) is 0 Å². The molecule has 3 aromatic rings. The van der Waals surface area contributed by atoms with Gasteiger partial charge in [-0.15, -0.1) is 0 Å². The number of para-hydroxylation sites is 3. The van der Waals surface area contributed by atoms with Crippen LogP contribution in [0.2, 0.25) is 0 Å². The largest absolute Gasteiger partial charge is 0.386 e. The molecule has 0 fully saturated rings. The van der Waals surface area contributed by atoms with E-state index in [0.717, 1.165) is 5.69 Å². The predicted octanol–water partition coefficient (Wildman–Crippen LogP) is 5.97. The van der Waals surface area contributed by atoms with Crippen LogP contribution < -0.4 is 10.2 Å². The lowest BCUT2D eigenvalue weighted by Gasteiger charge is -2.35. The molecule has 0 aliphatic carbocycles. The van der Waals surface area contributed by atoms with E-state index in [1.165, 1.54) is 32.4 Å². The van der Waals surface area contributed by atoms with Crippen LogP contribution in [0.4, 0.5) is 22.7 Å². The van der Waals surface area contributed by atoms with Gasteiger partial charge < -0.3 is 10.2 Å². The minimum atomic E-state index is 1.15. The fourth-order valence-corrected chi connectivity index (χ4v) is 4.16. The van der Waals surface area contributed by atoms with Gasteiger partial charge >= 0.3 is 0 Å². The first-order valence-electron chi connectivity index (χ1n) is 7.73. The zero-order valence-corrected chi connectivity index (χ0v) is 14.0. The number of fused-ring (bicyclic) bond motifs is 2. The van der Waals surface area contributed by atoms with E-state index < -0.39 is 0 Å². The number of hydrogen-bond acceptors (Lipinski definition) is 3. The van der Waals surface area contributed by atoms with Crippen molar-refractivity contribution < 1.29 is 0 Å². The van der Waals surface area contributed by atoms with Gasteiger partial charge in [0.05, 0.1) is 17.1 Å². The number of benzene rings is 3. The highest BCUT2D eigenvalue weighted by atomic mass is 32.2. The number of rotatable bonds is 2. The molecule has 3 heteroatoms. The molecule has 0 amide bonds. The average molecular weight is 318 g/mol. The van der Waals surface area contributed by atoms with Gasteiger partial charge in [0.1, 0.15) is 0 Å². The Bertz CT molecular complexity index is 862. The molecule has 23 heavy (non-hydrogen) atoms. The lowest BCUT2D eigenvalue weighted by atomic mass is 10.1. The van der Waals surface area contributed by atoms with Gasteiger partial charge in [-0.25, -0.2) is 0 Å². The molecular weight excluding hydrogens is 300 g/mol. The summed E-state index contributed by atoms with van der Waals surface area (Å²) in [4.78, 5) is 4.94. The highest BCUT2D eigenvalue weighted by molar-refractivity contribution is 7.99. The Morgan fingerprint density at radius 2 is 1.48 bits per heavy atom. The van der Waals surface area contributed by atoms with Crippen LogP contribution in [-0.4, -0.2) is 7.05 Å². The summed E-state index contributed by atoms with van der Waals surface area (Å²) in [6.07, 6.45) is 0. The third-order valence-corrected chi connectivity index (χ3v) is 5.29.